The number of hydrogen-bond acceptors (Lipinski definition) is 6. The van der Waals surface area contributed by atoms with Crippen LogP contribution in [0, 0.1) is 0 Å². The van der Waals surface area contributed by atoms with Gasteiger partial charge in [0.15, 0.2) is 0 Å². The molecule has 1 atom stereocenters. The van der Waals surface area contributed by atoms with Gasteiger partial charge >= 0.3 is 0 Å². The Labute approximate surface area is 166 Å². The van der Waals surface area contributed by atoms with Crippen LogP contribution in [0.1, 0.15) is 18.2 Å². The lowest BCUT2D eigenvalue weighted by Gasteiger charge is -2.15. The minimum atomic E-state index is -0.170. The number of hydrogen-bond donors (Lipinski definition) is 0. The van der Waals surface area contributed by atoms with Crippen molar-refractivity contribution in [1.29, 1.82) is 0 Å². The third-order valence-electron chi connectivity index (χ3n) is 4.66. The number of halogens is 1. The first kappa shape index (κ1) is 18.3. The Morgan fingerprint density at radius 2 is 1.79 bits per heavy atom. The van der Waals surface area contributed by atoms with Crippen LogP contribution < -0.4 is 14.4 Å². The fourth-order valence-corrected chi connectivity index (χ4v) is 3.32. The molecule has 28 heavy (non-hydrogen) atoms. The number of ether oxygens (including phenoxy) is 2. The zero-order valence-electron chi connectivity index (χ0n) is 15.4. The van der Waals surface area contributed by atoms with Gasteiger partial charge in [-0.25, -0.2) is 0 Å². The van der Waals surface area contributed by atoms with Crippen molar-refractivity contribution >= 4 is 23.2 Å². The second-order valence-electron chi connectivity index (χ2n) is 6.44. The molecule has 0 saturated carbocycles. The molecule has 7 nitrogen and oxygen atoms in total. The van der Waals surface area contributed by atoms with Crippen LogP contribution >= 0.6 is 11.6 Å². The third kappa shape index (κ3) is 3.53. The zero-order chi connectivity index (χ0) is 19.7. The first-order valence-electron chi connectivity index (χ1n) is 8.70. The Hall–Kier alpha value is -3.06. The van der Waals surface area contributed by atoms with Crippen LogP contribution in [0.15, 0.2) is 47.0 Å². The molecule has 3 aromatic rings. The van der Waals surface area contributed by atoms with Crippen LogP contribution in [-0.4, -0.2) is 36.8 Å². The minimum Gasteiger partial charge on any atom is -0.497 e. The highest BCUT2D eigenvalue weighted by molar-refractivity contribution is 6.30. The van der Waals surface area contributed by atoms with E-state index in [0.29, 0.717) is 46.8 Å². The molecule has 0 radical (unpaired) electrons. The van der Waals surface area contributed by atoms with Crippen molar-refractivity contribution in [3.63, 3.8) is 0 Å². The lowest BCUT2D eigenvalue weighted by molar-refractivity contribution is -0.117. The number of carbonyl (C=O) groups is 1. The van der Waals surface area contributed by atoms with Gasteiger partial charge < -0.3 is 18.9 Å². The number of methoxy groups -OCH3 is 2. The Balaban J connectivity index is 1.57. The minimum absolute atomic E-state index is 0.00937. The molecule has 1 aromatic heterocycles. The van der Waals surface area contributed by atoms with E-state index in [2.05, 4.69) is 10.1 Å². The molecule has 0 spiro atoms. The summed E-state index contributed by atoms with van der Waals surface area (Å²) < 4.78 is 16.0. The van der Waals surface area contributed by atoms with E-state index < -0.39 is 0 Å². The molecule has 0 aliphatic carbocycles. The van der Waals surface area contributed by atoms with Crippen LogP contribution in [0.25, 0.3) is 11.4 Å². The van der Waals surface area contributed by atoms with Crippen LogP contribution in [0.3, 0.4) is 0 Å². The first-order valence-corrected chi connectivity index (χ1v) is 9.08. The molecule has 1 unspecified atom stereocenters. The van der Waals surface area contributed by atoms with Crippen molar-refractivity contribution in [1.82, 2.24) is 10.1 Å². The van der Waals surface area contributed by atoms with Crippen molar-refractivity contribution in [3.05, 3.63) is 53.4 Å². The van der Waals surface area contributed by atoms with Crippen LogP contribution in [0.5, 0.6) is 11.5 Å². The fourth-order valence-electron chi connectivity index (χ4n) is 3.20. The maximum Gasteiger partial charge on any atom is 0.232 e. The molecule has 0 N–H and O–H groups in total. The summed E-state index contributed by atoms with van der Waals surface area (Å²) in [6, 6.07) is 12.5. The predicted molar refractivity (Wildman–Crippen MR) is 104 cm³/mol. The highest BCUT2D eigenvalue weighted by Crippen LogP contribution is 2.33. The average Bonchev–Trinajstić information content (AvgIpc) is 3.35. The van der Waals surface area contributed by atoms with E-state index in [4.69, 9.17) is 25.6 Å². The maximum absolute atomic E-state index is 12.5. The fraction of sp³-hybridized carbons (Fsp3) is 0.250. The van der Waals surface area contributed by atoms with Gasteiger partial charge in [0, 0.05) is 35.3 Å². The number of amides is 1. The zero-order valence-corrected chi connectivity index (χ0v) is 16.1. The van der Waals surface area contributed by atoms with Gasteiger partial charge in [0.1, 0.15) is 11.5 Å². The van der Waals surface area contributed by atoms with Crippen molar-refractivity contribution in [2.45, 2.75) is 12.3 Å². The summed E-state index contributed by atoms with van der Waals surface area (Å²) in [6.07, 6.45) is 0.311. The van der Waals surface area contributed by atoms with Crippen LogP contribution in [0.2, 0.25) is 5.02 Å². The maximum atomic E-state index is 12.5. The number of carbonyl (C=O) groups excluding carboxylic acids is 1. The monoisotopic (exact) mass is 399 g/mol. The molecule has 8 heteroatoms. The third-order valence-corrected chi connectivity index (χ3v) is 4.92. The molecule has 1 aliphatic heterocycles. The number of benzene rings is 2. The SMILES string of the molecule is COc1cc(OC)cc(-c2noc(C3CC(=O)N(c4ccc(Cl)cc4)C3)n2)c1. The molecule has 2 aromatic carbocycles. The Morgan fingerprint density at radius 3 is 2.43 bits per heavy atom. The van der Waals surface area contributed by atoms with Gasteiger partial charge in [0.25, 0.3) is 0 Å². The smallest absolute Gasteiger partial charge is 0.232 e. The molecule has 1 fully saturated rings. The number of nitrogens with zero attached hydrogens (tertiary/aromatic N) is 3. The van der Waals surface area contributed by atoms with E-state index in [1.807, 2.05) is 12.1 Å². The molecule has 1 saturated heterocycles. The lowest BCUT2D eigenvalue weighted by atomic mass is 10.1. The molecule has 4 rings (SSSR count). The molecular formula is C20H18ClN3O4. The molecular weight excluding hydrogens is 382 g/mol. The molecule has 144 valence electrons. The van der Waals surface area contributed by atoms with Gasteiger partial charge in [-0.2, -0.15) is 4.98 Å². The van der Waals surface area contributed by atoms with Gasteiger partial charge in [-0.3, -0.25) is 4.79 Å². The number of rotatable bonds is 5. The summed E-state index contributed by atoms with van der Waals surface area (Å²) in [5, 5.41) is 4.70. The summed E-state index contributed by atoms with van der Waals surface area (Å²) in [4.78, 5) is 18.7. The lowest BCUT2D eigenvalue weighted by Crippen LogP contribution is -2.24. The topological polar surface area (TPSA) is 77.7 Å². The van der Waals surface area contributed by atoms with E-state index >= 15 is 0 Å². The average molecular weight is 400 g/mol. The highest BCUT2D eigenvalue weighted by Gasteiger charge is 2.35. The van der Waals surface area contributed by atoms with Crippen LogP contribution in [-0.2, 0) is 4.79 Å². The van der Waals surface area contributed by atoms with E-state index in [9.17, 15) is 4.79 Å². The molecule has 1 aliphatic rings. The summed E-state index contributed by atoms with van der Waals surface area (Å²) in [5.41, 5.74) is 1.51. The van der Waals surface area contributed by atoms with Crippen molar-refractivity contribution in [2.24, 2.45) is 0 Å². The normalized spacial score (nSPS) is 16.5. The van der Waals surface area contributed by atoms with Gasteiger partial charge in [-0.05, 0) is 36.4 Å². The van der Waals surface area contributed by atoms with Crippen molar-refractivity contribution < 1.29 is 18.8 Å². The van der Waals surface area contributed by atoms with Crippen molar-refractivity contribution in [2.75, 3.05) is 25.7 Å². The van der Waals surface area contributed by atoms with Crippen molar-refractivity contribution in [3.8, 4) is 22.9 Å². The molecule has 1 amide bonds. The van der Waals surface area contributed by atoms with Crippen LogP contribution in [0.4, 0.5) is 5.69 Å². The highest BCUT2D eigenvalue weighted by atomic mass is 35.5. The molecule has 2 heterocycles. The Bertz CT molecular complexity index is 981. The Kier molecular flexibility index (Phi) is 4.92. The molecule has 0 bridgehead atoms. The summed E-state index contributed by atoms with van der Waals surface area (Å²) >= 11 is 5.93. The number of anilines is 1. The summed E-state index contributed by atoms with van der Waals surface area (Å²) in [7, 11) is 3.16. The van der Waals surface area contributed by atoms with Gasteiger partial charge in [0.2, 0.25) is 17.6 Å². The van der Waals surface area contributed by atoms with E-state index in [1.54, 1.807) is 49.5 Å². The quantitative estimate of drug-likeness (QED) is 0.647. The summed E-state index contributed by atoms with van der Waals surface area (Å²) in [6.45, 7) is 0.476. The number of aromatic nitrogens is 2. The second-order valence-corrected chi connectivity index (χ2v) is 6.88. The van der Waals surface area contributed by atoms with E-state index in [-0.39, 0.29) is 11.8 Å². The standard InChI is InChI=1S/C20H18ClN3O4/c1-26-16-7-12(8-17(10-16)27-2)19-22-20(28-23-19)13-9-18(25)24(11-13)15-5-3-14(21)4-6-15/h3-8,10,13H,9,11H2,1-2H3. The van der Waals surface area contributed by atoms with Gasteiger partial charge in [0.05, 0.1) is 20.1 Å². The van der Waals surface area contributed by atoms with E-state index in [1.165, 1.54) is 0 Å². The summed E-state index contributed by atoms with van der Waals surface area (Å²) in [5.74, 6) is 1.95. The Morgan fingerprint density at radius 1 is 1.11 bits per heavy atom. The van der Waals surface area contributed by atoms with Gasteiger partial charge in [-0.1, -0.05) is 16.8 Å². The first-order chi connectivity index (χ1) is 13.6. The largest absolute Gasteiger partial charge is 0.497 e. The van der Waals surface area contributed by atoms with Gasteiger partial charge in [-0.15, -0.1) is 0 Å². The predicted octanol–water partition coefficient (Wildman–Crippen LogP) is 3.93. The second kappa shape index (κ2) is 7.52. The van der Waals surface area contributed by atoms with E-state index in [0.717, 1.165) is 5.69 Å².